The Kier molecular flexibility index (Phi) is 6.13. The molecule has 1 atom stereocenters. The molecule has 0 bridgehead atoms. The van der Waals surface area contributed by atoms with Crippen molar-refractivity contribution >= 4 is 23.4 Å². The molecule has 0 radical (unpaired) electrons. The zero-order valence-corrected chi connectivity index (χ0v) is 18.4. The lowest BCUT2D eigenvalue weighted by Gasteiger charge is -2.37. The zero-order chi connectivity index (χ0) is 21.1. The van der Waals surface area contributed by atoms with Crippen molar-refractivity contribution in [3.05, 3.63) is 48.4 Å². The number of hydrogen-bond donors (Lipinski definition) is 0. The standard InChI is InChI=1S/C22H27N5O2S/c1-4-27-20(19-10-15-29-16(19)2)23-24-22(27)30-17(3)21(28)26-13-11-25(12-14-26)18-8-6-5-7-9-18/h5-10,15,17H,4,11-14H2,1-3H3/t17-/m1/s1. The lowest BCUT2D eigenvalue weighted by Crippen LogP contribution is -2.50. The average Bonchev–Trinajstić information content (AvgIpc) is 3.39. The molecule has 0 spiro atoms. The monoisotopic (exact) mass is 425 g/mol. The fourth-order valence-electron chi connectivity index (χ4n) is 3.77. The van der Waals surface area contributed by atoms with Crippen molar-refractivity contribution in [1.82, 2.24) is 19.7 Å². The third-order valence-corrected chi connectivity index (χ3v) is 6.54. The summed E-state index contributed by atoms with van der Waals surface area (Å²) >= 11 is 1.47. The Morgan fingerprint density at radius 1 is 1.13 bits per heavy atom. The summed E-state index contributed by atoms with van der Waals surface area (Å²) in [6.07, 6.45) is 1.66. The number of furan rings is 1. The van der Waals surface area contributed by atoms with Gasteiger partial charge >= 0.3 is 0 Å². The molecule has 1 fully saturated rings. The number of carbonyl (C=O) groups is 1. The molecule has 4 rings (SSSR count). The van der Waals surface area contributed by atoms with E-state index in [1.165, 1.54) is 17.4 Å². The van der Waals surface area contributed by atoms with Crippen LogP contribution >= 0.6 is 11.8 Å². The summed E-state index contributed by atoms with van der Waals surface area (Å²) in [6, 6.07) is 12.3. The minimum absolute atomic E-state index is 0.152. The lowest BCUT2D eigenvalue weighted by molar-refractivity contribution is -0.130. The SMILES string of the molecule is CCn1c(S[C@H](C)C(=O)N2CCN(c3ccccc3)CC2)nnc1-c1ccoc1C. The Morgan fingerprint density at radius 2 is 1.87 bits per heavy atom. The lowest BCUT2D eigenvalue weighted by atomic mass is 10.2. The van der Waals surface area contributed by atoms with Gasteiger partial charge < -0.3 is 18.8 Å². The van der Waals surface area contributed by atoms with Crippen LogP contribution in [-0.4, -0.2) is 57.0 Å². The Balaban J connectivity index is 1.40. The van der Waals surface area contributed by atoms with Gasteiger partial charge in [0.05, 0.1) is 17.1 Å². The molecule has 1 amide bonds. The molecular weight excluding hydrogens is 398 g/mol. The molecule has 1 aliphatic rings. The summed E-state index contributed by atoms with van der Waals surface area (Å²) in [4.78, 5) is 17.3. The van der Waals surface area contributed by atoms with E-state index in [2.05, 4.69) is 46.3 Å². The van der Waals surface area contributed by atoms with Gasteiger partial charge in [-0.05, 0) is 39.0 Å². The van der Waals surface area contributed by atoms with Crippen LogP contribution in [0.5, 0.6) is 0 Å². The van der Waals surface area contributed by atoms with Crippen molar-refractivity contribution in [2.24, 2.45) is 0 Å². The van der Waals surface area contributed by atoms with Crippen LogP contribution in [0, 0.1) is 6.92 Å². The van der Waals surface area contributed by atoms with Crippen LogP contribution in [-0.2, 0) is 11.3 Å². The number of amides is 1. The van der Waals surface area contributed by atoms with Crippen molar-refractivity contribution in [3.63, 3.8) is 0 Å². The molecule has 0 saturated carbocycles. The number of anilines is 1. The number of thioether (sulfide) groups is 1. The van der Waals surface area contributed by atoms with Gasteiger partial charge in [0.15, 0.2) is 11.0 Å². The van der Waals surface area contributed by atoms with Crippen molar-refractivity contribution in [2.45, 2.75) is 37.7 Å². The van der Waals surface area contributed by atoms with Gasteiger partial charge in [-0.15, -0.1) is 10.2 Å². The van der Waals surface area contributed by atoms with Gasteiger partial charge in [0.25, 0.3) is 0 Å². The number of piperazine rings is 1. The van der Waals surface area contributed by atoms with E-state index in [1.807, 2.05) is 35.4 Å². The molecule has 1 saturated heterocycles. The van der Waals surface area contributed by atoms with Crippen molar-refractivity contribution in [1.29, 1.82) is 0 Å². The molecule has 0 N–H and O–H groups in total. The van der Waals surface area contributed by atoms with E-state index in [0.717, 1.165) is 55.0 Å². The molecule has 7 nitrogen and oxygen atoms in total. The van der Waals surface area contributed by atoms with Crippen LogP contribution in [0.15, 0.2) is 52.2 Å². The van der Waals surface area contributed by atoms with Gasteiger partial charge in [-0.2, -0.15) is 0 Å². The van der Waals surface area contributed by atoms with E-state index < -0.39 is 0 Å². The third-order valence-electron chi connectivity index (χ3n) is 5.48. The average molecular weight is 426 g/mol. The first kappa shape index (κ1) is 20.5. The topological polar surface area (TPSA) is 67.4 Å². The van der Waals surface area contributed by atoms with Gasteiger partial charge in [-0.1, -0.05) is 30.0 Å². The summed E-state index contributed by atoms with van der Waals surface area (Å²) < 4.78 is 7.46. The Morgan fingerprint density at radius 3 is 2.50 bits per heavy atom. The van der Waals surface area contributed by atoms with Crippen LogP contribution in [0.1, 0.15) is 19.6 Å². The molecule has 2 aromatic heterocycles. The zero-order valence-electron chi connectivity index (χ0n) is 17.6. The molecule has 8 heteroatoms. The van der Waals surface area contributed by atoms with E-state index in [9.17, 15) is 4.79 Å². The van der Waals surface area contributed by atoms with E-state index in [0.29, 0.717) is 0 Å². The summed E-state index contributed by atoms with van der Waals surface area (Å²) in [5.41, 5.74) is 2.15. The van der Waals surface area contributed by atoms with Crippen LogP contribution in [0.25, 0.3) is 11.4 Å². The van der Waals surface area contributed by atoms with Crippen LogP contribution in [0.3, 0.4) is 0 Å². The minimum atomic E-state index is -0.221. The van der Waals surface area contributed by atoms with Gasteiger partial charge in [-0.3, -0.25) is 4.79 Å². The molecule has 0 unspecified atom stereocenters. The Bertz CT molecular complexity index is 992. The first-order valence-corrected chi connectivity index (χ1v) is 11.2. The summed E-state index contributed by atoms with van der Waals surface area (Å²) in [6.45, 7) is 9.82. The molecule has 1 aromatic carbocycles. The second-order valence-corrected chi connectivity index (χ2v) is 8.66. The third kappa shape index (κ3) is 4.09. The minimum Gasteiger partial charge on any atom is -0.469 e. The van der Waals surface area contributed by atoms with E-state index in [1.54, 1.807) is 6.26 Å². The van der Waals surface area contributed by atoms with Crippen molar-refractivity contribution in [2.75, 3.05) is 31.1 Å². The quantitative estimate of drug-likeness (QED) is 0.561. The predicted octanol–water partition coefficient (Wildman–Crippen LogP) is 3.70. The fourth-order valence-corrected chi connectivity index (χ4v) is 4.76. The number of benzene rings is 1. The van der Waals surface area contributed by atoms with E-state index in [4.69, 9.17) is 4.42 Å². The fraction of sp³-hybridized carbons (Fsp3) is 0.409. The van der Waals surface area contributed by atoms with E-state index >= 15 is 0 Å². The number of aromatic nitrogens is 3. The smallest absolute Gasteiger partial charge is 0.236 e. The second-order valence-electron chi connectivity index (χ2n) is 7.35. The molecular formula is C22H27N5O2S. The second kappa shape index (κ2) is 8.95. The predicted molar refractivity (Wildman–Crippen MR) is 119 cm³/mol. The molecule has 0 aliphatic carbocycles. The van der Waals surface area contributed by atoms with Crippen LogP contribution in [0.4, 0.5) is 5.69 Å². The normalized spacial score (nSPS) is 15.4. The first-order valence-electron chi connectivity index (χ1n) is 10.3. The number of aryl methyl sites for hydroxylation is 1. The van der Waals surface area contributed by atoms with Crippen LogP contribution < -0.4 is 4.90 Å². The largest absolute Gasteiger partial charge is 0.469 e. The number of para-hydroxylation sites is 1. The first-order chi connectivity index (χ1) is 14.6. The summed E-state index contributed by atoms with van der Waals surface area (Å²) in [5.74, 6) is 1.75. The summed E-state index contributed by atoms with van der Waals surface area (Å²) in [7, 11) is 0. The maximum atomic E-state index is 13.0. The van der Waals surface area contributed by atoms with Gasteiger partial charge in [0.2, 0.25) is 5.91 Å². The number of rotatable bonds is 6. The maximum Gasteiger partial charge on any atom is 0.236 e. The highest BCUT2D eigenvalue weighted by Crippen LogP contribution is 2.29. The van der Waals surface area contributed by atoms with Crippen molar-refractivity contribution in [3.8, 4) is 11.4 Å². The Hall–Kier alpha value is -2.74. The molecule has 30 heavy (non-hydrogen) atoms. The molecule has 3 aromatic rings. The van der Waals surface area contributed by atoms with Gasteiger partial charge in [0.1, 0.15) is 5.76 Å². The van der Waals surface area contributed by atoms with Crippen molar-refractivity contribution < 1.29 is 9.21 Å². The Labute approximate surface area is 181 Å². The number of hydrogen-bond acceptors (Lipinski definition) is 6. The number of carbonyl (C=O) groups excluding carboxylic acids is 1. The molecule has 158 valence electrons. The highest BCUT2D eigenvalue weighted by atomic mass is 32.2. The number of nitrogens with zero attached hydrogens (tertiary/aromatic N) is 5. The highest BCUT2D eigenvalue weighted by molar-refractivity contribution is 8.00. The molecule has 3 heterocycles. The highest BCUT2D eigenvalue weighted by Gasteiger charge is 2.27. The maximum absolute atomic E-state index is 13.0. The van der Waals surface area contributed by atoms with E-state index in [-0.39, 0.29) is 11.2 Å². The van der Waals surface area contributed by atoms with Gasteiger partial charge in [0, 0.05) is 38.4 Å². The summed E-state index contributed by atoms with van der Waals surface area (Å²) in [5, 5.41) is 9.26. The molecule has 1 aliphatic heterocycles. The van der Waals surface area contributed by atoms with Gasteiger partial charge in [-0.25, -0.2) is 0 Å². The van der Waals surface area contributed by atoms with Crippen LogP contribution in [0.2, 0.25) is 0 Å².